The summed E-state index contributed by atoms with van der Waals surface area (Å²) in [6.07, 6.45) is 2.99. The Morgan fingerprint density at radius 2 is 1.62 bits per heavy atom. The average Bonchev–Trinajstić information content (AvgIpc) is 3.31. The number of aliphatic hydroxyl groups excluding tert-OH is 4. The SMILES string of the molecule is CC(=O)O[C@H]1[C@H](O[C@H]2CC[C@@]3(C)C(CC[C@]4(C)C3[C@H](O)CC3[C@@H](C(C)(O)CCC=C(C)C)CC[C@]34C)C2(C)C)O[C@H](CO)[C@@H](O)[C@@H]1O. The molecule has 1 heterocycles. The van der Waals surface area contributed by atoms with E-state index >= 15 is 0 Å². The third-order valence-corrected chi connectivity index (χ3v) is 14.7. The molecule has 4 aliphatic carbocycles. The van der Waals surface area contributed by atoms with Crippen LogP contribution in [0.2, 0.25) is 0 Å². The number of ether oxygens (including phenoxy) is 3. The Morgan fingerprint density at radius 1 is 0.957 bits per heavy atom. The minimum Gasteiger partial charge on any atom is -0.454 e. The molecule has 0 aromatic heterocycles. The summed E-state index contributed by atoms with van der Waals surface area (Å²) in [5, 5.41) is 55.2. The maximum atomic E-state index is 12.2. The minimum absolute atomic E-state index is 0.0109. The molecular formula is C38H64O9. The Balaban J connectivity index is 1.39. The summed E-state index contributed by atoms with van der Waals surface area (Å²) in [5.74, 6) is 0.126. The number of carbonyl (C=O) groups is 1. The predicted molar refractivity (Wildman–Crippen MR) is 178 cm³/mol. The highest BCUT2D eigenvalue weighted by atomic mass is 16.7. The van der Waals surface area contributed by atoms with Gasteiger partial charge < -0.3 is 39.7 Å². The molecule has 5 N–H and O–H groups in total. The lowest BCUT2D eigenvalue weighted by molar-refractivity contribution is -0.334. The van der Waals surface area contributed by atoms with E-state index < -0.39 is 55.0 Å². The van der Waals surface area contributed by atoms with Crippen LogP contribution in [0.5, 0.6) is 0 Å². The molecule has 9 heteroatoms. The van der Waals surface area contributed by atoms with E-state index in [1.54, 1.807) is 0 Å². The van der Waals surface area contributed by atoms with Crippen molar-refractivity contribution in [1.29, 1.82) is 0 Å². The van der Waals surface area contributed by atoms with Crippen LogP contribution in [0.25, 0.3) is 0 Å². The molecule has 5 rings (SSSR count). The summed E-state index contributed by atoms with van der Waals surface area (Å²) in [6.45, 7) is 18.7. The van der Waals surface area contributed by atoms with Crippen LogP contribution >= 0.6 is 0 Å². The third-order valence-electron chi connectivity index (χ3n) is 14.7. The van der Waals surface area contributed by atoms with Crippen LogP contribution in [-0.2, 0) is 19.0 Å². The van der Waals surface area contributed by atoms with Gasteiger partial charge in [-0.1, -0.05) is 46.3 Å². The van der Waals surface area contributed by atoms with Crippen LogP contribution in [0.1, 0.15) is 120 Å². The monoisotopic (exact) mass is 664 g/mol. The molecule has 4 unspecified atom stereocenters. The highest BCUT2D eigenvalue weighted by Gasteiger charge is 2.71. The molecule has 4 saturated carbocycles. The molecule has 0 aromatic carbocycles. The van der Waals surface area contributed by atoms with E-state index in [0.717, 1.165) is 44.9 Å². The quantitative estimate of drug-likeness (QED) is 0.139. The third kappa shape index (κ3) is 6.06. The zero-order valence-electron chi connectivity index (χ0n) is 30.4. The molecule has 5 aliphatic rings. The number of hydrogen-bond donors (Lipinski definition) is 5. The zero-order valence-corrected chi connectivity index (χ0v) is 30.4. The van der Waals surface area contributed by atoms with Gasteiger partial charge in [0.1, 0.15) is 18.3 Å². The molecule has 1 aliphatic heterocycles. The predicted octanol–water partition coefficient (Wildman–Crippen LogP) is 4.90. The molecule has 0 aromatic rings. The number of fused-ring (bicyclic) bond motifs is 5. The van der Waals surface area contributed by atoms with E-state index in [1.165, 1.54) is 12.5 Å². The van der Waals surface area contributed by atoms with E-state index in [4.69, 9.17) is 14.2 Å². The van der Waals surface area contributed by atoms with Crippen LogP contribution in [0.4, 0.5) is 0 Å². The molecule has 0 bridgehead atoms. The fourth-order valence-electron chi connectivity index (χ4n) is 12.3. The van der Waals surface area contributed by atoms with Crippen molar-refractivity contribution >= 4 is 5.97 Å². The Bertz CT molecular complexity index is 1180. The molecule has 15 atom stereocenters. The Morgan fingerprint density at radius 3 is 2.23 bits per heavy atom. The van der Waals surface area contributed by atoms with Gasteiger partial charge >= 0.3 is 5.97 Å². The van der Waals surface area contributed by atoms with Crippen molar-refractivity contribution < 1.29 is 44.5 Å². The van der Waals surface area contributed by atoms with Crippen molar-refractivity contribution in [3.63, 3.8) is 0 Å². The van der Waals surface area contributed by atoms with Crippen LogP contribution in [-0.4, -0.2) is 86.6 Å². The first-order valence-corrected chi connectivity index (χ1v) is 18.2. The molecular weight excluding hydrogens is 600 g/mol. The van der Waals surface area contributed by atoms with Crippen LogP contribution in [0, 0.1) is 45.3 Å². The van der Waals surface area contributed by atoms with Gasteiger partial charge in [0, 0.05) is 6.92 Å². The summed E-state index contributed by atoms with van der Waals surface area (Å²) in [4.78, 5) is 11.9. The van der Waals surface area contributed by atoms with Gasteiger partial charge in [0.15, 0.2) is 12.4 Å². The van der Waals surface area contributed by atoms with Crippen molar-refractivity contribution in [1.82, 2.24) is 0 Å². The molecule has 9 nitrogen and oxygen atoms in total. The zero-order chi connectivity index (χ0) is 34.9. The number of carbonyl (C=O) groups excluding carboxylic acids is 1. The van der Waals surface area contributed by atoms with Gasteiger partial charge in [-0.2, -0.15) is 0 Å². The Hall–Kier alpha value is -1.07. The van der Waals surface area contributed by atoms with Crippen molar-refractivity contribution in [3.8, 4) is 0 Å². The average molecular weight is 665 g/mol. The van der Waals surface area contributed by atoms with E-state index in [-0.39, 0.29) is 51.4 Å². The van der Waals surface area contributed by atoms with Crippen molar-refractivity contribution in [3.05, 3.63) is 11.6 Å². The normalized spacial score (nSPS) is 48.8. The first kappa shape index (κ1) is 37.2. The van der Waals surface area contributed by atoms with E-state index in [9.17, 15) is 30.3 Å². The second-order valence-electron chi connectivity index (χ2n) is 17.9. The van der Waals surface area contributed by atoms with Gasteiger partial charge in [0.2, 0.25) is 0 Å². The fourth-order valence-corrected chi connectivity index (χ4v) is 12.3. The number of allylic oxidation sites excluding steroid dienone is 2. The molecule has 0 spiro atoms. The van der Waals surface area contributed by atoms with Gasteiger partial charge in [-0.3, -0.25) is 4.79 Å². The van der Waals surface area contributed by atoms with E-state index in [1.807, 2.05) is 6.92 Å². The summed E-state index contributed by atoms with van der Waals surface area (Å²) in [6, 6.07) is 0. The van der Waals surface area contributed by atoms with Crippen molar-refractivity contribution in [2.24, 2.45) is 45.3 Å². The first-order chi connectivity index (χ1) is 21.7. The lowest BCUT2D eigenvalue weighted by Gasteiger charge is -2.71. The Labute approximate surface area is 282 Å². The number of rotatable bonds is 8. The number of hydrogen-bond acceptors (Lipinski definition) is 9. The van der Waals surface area contributed by atoms with Gasteiger partial charge in [0.05, 0.1) is 24.4 Å². The maximum Gasteiger partial charge on any atom is 0.303 e. The topological polar surface area (TPSA) is 146 Å². The van der Waals surface area contributed by atoms with Crippen molar-refractivity contribution in [2.45, 2.75) is 169 Å². The molecule has 270 valence electrons. The highest BCUT2D eigenvalue weighted by Crippen LogP contribution is 2.76. The summed E-state index contributed by atoms with van der Waals surface area (Å²) < 4.78 is 17.9. The summed E-state index contributed by atoms with van der Waals surface area (Å²) in [5.41, 5.74) is -0.0827. The lowest BCUT2D eigenvalue weighted by Crippen LogP contribution is -2.68. The molecule has 47 heavy (non-hydrogen) atoms. The minimum atomic E-state index is -1.46. The molecule has 1 saturated heterocycles. The second-order valence-corrected chi connectivity index (χ2v) is 17.9. The lowest BCUT2D eigenvalue weighted by atomic mass is 9.35. The second kappa shape index (κ2) is 12.9. The van der Waals surface area contributed by atoms with Gasteiger partial charge in [-0.15, -0.1) is 0 Å². The Kier molecular flexibility index (Phi) is 10.2. The largest absolute Gasteiger partial charge is 0.454 e. The molecule has 0 radical (unpaired) electrons. The van der Waals surface area contributed by atoms with Crippen LogP contribution in [0.3, 0.4) is 0 Å². The number of esters is 1. The van der Waals surface area contributed by atoms with Crippen LogP contribution in [0.15, 0.2) is 11.6 Å². The molecule has 0 amide bonds. The summed E-state index contributed by atoms with van der Waals surface area (Å²) >= 11 is 0. The van der Waals surface area contributed by atoms with Gasteiger partial charge in [0.25, 0.3) is 0 Å². The standard InChI is InChI=1S/C38H64O9/c1-21(2)11-10-15-38(9,44)23-12-17-36(7)24(23)19-25(41)32-35(6)16-14-28(34(4,5)27(35)13-18-37(32,36)8)47-33-31(45-22(3)40)30(43)29(42)26(20-39)46-33/h11,23-33,39,41-44H,10,12-20H2,1-9H3/t23-,24?,25+,26+,27?,28-,29+,30-,31+,32?,33-,35-,36+,37+,38?/m0/s1. The fraction of sp³-hybridized carbons (Fsp3) is 0.921. The van der Waals surface area contributed by atoms with E-state index in [0.29, 0.717) is 12.8 Å². The van der Waals surface area contributed by atoms with Crippen LogP contribution < -0.4 is 0 Å². The first-order valence-electron chi connectivity index (χ1n) is 18.2. The highest BCUT2D eigenvalue weighted by molar-refractivity contribution is 5.66. The van der Waals surface area contributed by atoms with E-state index in [2.05, 4.69) is 54.5 Å². The van der Waals surface area contributed by atoms with Gasteiger partial charge in [-0.25, -0.2) is 0 Å². The molecule has 5 fully saturated rings. The van der Waals surface area contributed by atoms with Crippen molar-refractivity contribution in [2.75, 3.05) is 6.61 Å². The smallest absolute Gasteiger partial charge is 0.303 e. The number of aliphatic hydroxyl groups is 5. The summed E-state index contributed by atoms with van der Waals surface area (Å²) in [7, 11) is 0. The maximum absolute atomic E-state index is 12.2. The van der Waals surface area contributed by atoms with Gasteiger partial charge in [-0.05, 0) is 124 Å².